The van der Waals surface area contributed by atoms with E-state index in [9.17, 15) is 0 Å². The predicted molar refractivity (Wildman–Crippen MR) is 54.2 cm³/mol. The second-order valence-electron chi connectivity index (χ2n) is 3.29. The average molecular weight is 200 g/mol. The minimum Gasteiger partial charge on any atom is -0.306 e. The summed E-state index contributed by atoms with van der Waals surface area (Å²) in [6.45, 7) is 2.35. The van der Waals surface area contributed by atoms with Crippen molar-refractivity contribution in [2.75, 3.05) is 20.1 Å². The number of likely N-dealkylation sites (N-methyl/N-ethyl adjacent to an activating group) is 1. The van der Waals surface area contributed by atoms with E-state index in [0.717, 1.165) is 11.6 Å². The molecule has 0 N–H and O–H groups in total. The Labute approximate surface area is 82.0 Å². The molecule has 12 heavy (non-hydrogen) atoms. The molecular formula is C8H12N2S2. The van der Waals surface area contributed by atoms with E-state index in [1.807, 2.05) is 5.38 Å². The molecule has 1 aromatic rings. The van der Waals surface area contributed by atoms with Gasteiger partial charge in [0.15, 0.2) is 0 Å². The SMILES string of the molecule is CN1CCC(c2nc(S)cs2)C1. The van der Waals surface area contributed by atoms with Gasteiger partial charge in [0.1, 0.15) is 5.03 Å². The van der Waals surface area contributed by atoms with Gasteiger partial charge in [-0.2, -0.15) is 0 Å². The van der Waals surface area contributed by atoms with Crippen LogP contribution >= 0.6 is 24.0 Å². The fourth-order valence-corrected chi connectivity index (χ4v) is 2.75. The normalized spacial score (nSPS) is 25.0. The first-order valence-corrected chi connectivity index (χ1v) is 5.41. The van der Waals surface area contributed by atoms with Crippen molar-refractivity contribution in [3.8, 4) is 0 Å². The lowest BCUT2D eigenvalue weighted by Gasteiger charge is -2.06. The summed E-state index contributed by atoms with van der Waals surface area (Å²) in [4.78, 5) is 6.73. The van der Waals surface area contributed by atoms with Crippen LogP contribution in [0.3, 0.4) is 0 Å². The number of hydrogen-bond donors (Lipinski definition) is 1. The zero-order valence-electron chi connectivity index (χ0n) is 7.03. The van der Waals surface area contributed by atoms with Crippen LogP contribution in [0.4, 0.5) is 0 Å². The van der Waals surface area contributed by atoms with Gasteiger partial charge in [-0.3, -0.25) is 0 Å². The number of nitrogens with zero attached hydrogens (tertiary/aromatic N) is 2. The number of thiazole rings is 1. The number of rotatable bonds is 1. The number of thiol groups is 1. The van der Waals surface area contributed by atoms with Crippen molar-refractivity contribution in [3.05, 3.63) is 10.4 Å². The first-order chi connectivity index (χ1) is 5.75. The fourth-order valence-electron chi connectivity index (χ4n) is 1.60. The van der Waals surface area contributed by atoms with E-state index in [-0.39, 0.29) is 0 Å². The highest BCUT2D eigenvalue weighted by atomic mass is 32.1. The minimum atomic E-state index is 0.654. The van der Waals surface area contributed by atoms with Crippen LogP contribution < -0.4 is 0 Å². The van der Waals surface area contributed by atoms with E-state index in [2.05, 4.69) is 29.6 Å². The third-order valence-corrected chi connectivity index (χ3v) is 3.66. The molecule has 1 atom stereocenters. The van der Waals surface area contributed by atoms with Crippen molar-refractivity contribution in [1.82, 2.24) is 9.88 Å². The van der Waals surface area contributed by atoms with Crippen molar-refractivity contribution in [1.29, 1.82) is 0 Å². The Morgan fingerprint density at radius 2 is 2.58 bits per heavy atom. The standard InChI is InChI=1S/C8H12N2S2/c1-10-3-2-6(4-10)8-9-7(11)5-12-8/h5-6,11H,2-4H2,1H3. The van der Waals surface area contributed by atoms with Gasteiger partial charge in [0.2, 0.25) is 0 Å². The Bertz CT molecular complexity index is 272. The summed E-state index contributed by atoms with van der Waals surface area (Å²) >= 11 is 5.94. The Morgan fingerprint density at radius 1 is 1.75 bits per heavy atom. The molecule has 0 spiro atoms. The first kappa shape index (κ1) is 8.53. The molecule has 0 aliphatic carbocycles. The lowest BCUT2D eigenvalue weighted by molar-refractivity contribution is 0.411. The van der Waals surface area contributed by atoms with Gasteiger partial charge in [-0.15, -0.1) is 24.0 Å². The van der Waals surface area contributed by atoms with Gasteiger partial charge < -0.3 is 4.90 Å². The highest BCUT2D eigenvalue weighted by Crippen LogP contribution is 2.29. The molecule has 1 aliphatic heterocycles. The molecule has 1 saturated heterocycles. The Morgan fingerprint density at radius 3 is 3.08 bits per heavy atom. The van der Waals surface area contributed by atoms with E-state index in [4.69, 9.17) is 0 Å². The highest BCUT2D eigenvalue weighted by Gasteiger charge is 2.23. The first-order valence-electron chi connectivity index (χ1n) is 4.08. The molecule has 2 rings (SSSR count). The Kier molecular flexibility index (Phi) is 2.39. The van der Waals surface area contributed by atoms with Crippen LogP contribution in [0.2, 0.25) is 0 Å². The molecule has 1 fully saturated rings. The van der Waals surface area contributed by atoms with Gasteiger partial charge in [-0.25, -0.2) is 4.98 Å². The van der Waals surface area contributed by atoms with E-state index < -0.39 is 0 Å². The maximum Gasteiger partial charge on any atom is 0.104 e. The van der Waals surface area contributed by atoms with E-state index >= 15 is 0 Å². The molecule has 1 unspecified atom stereocenters. The maximum absolute atomic E-state index is 4.38. The van der Waals surface area contributed by atoms with Crippen LogP contribution in [-0.4, -0.2) is 30.0 Å². The summed E-state index contributed by atoms with van der Waals surface area (Å²) < 4.78 is 0. The summed E-state index contributed by atoms with van der Waals surface area (Å²) in [7, 11) is 2.16. The van der Waals surface area contributed by atoms with Crippen LogP contribution in [0.1, 0.15) is 17.3 Å². The fraction of sp³-hybridized carbons (Fsp3) is 0.625. The van der Waals surface area contributed by atoms with Gasteiger partial charge >= 0.3 is 0 Å². The topological polar surface area (TPSA) is 16.1 Å². The summed E-state index contributed by atoms with van der Waals surface area (Å²) in [5.41, 5.74) is 0. The summed E-state index contributed by atoms with van der Waals surface area (Å²) in [5.74, 6) is 0.654. The van der Waals surface area contributed by atoms with Crippen molar-refractivity contribution in [2.45, 2.75) is 17.4 Å². The van der Waals surface area contributed by atoms with Crippen LogP contribution in [0, 0.1) is 0 Å². The lowest BCUT2D eigenvalue weighted by atomic mass is 10.1. The molecule has 0 radical (unpaired) electrons. The summed E-state index contributed by atoms with van der Waals surface area (Å²) in [6.07, 6.45) is 1.25. The van der Waals surface area contributed by atoms with Crippen LogP contribution in [0.5, 0.6) is 0 Å². The predicted octanol–water partition coefficient (Wildman–Crippen LogP) is 1.85. The van der Waals surface area contributed by atoms with Gasteiger partial charge in [0.05, 0.1) is 5.01 Å². The third-order valence-electron chi connectivity index (χ3n) is 2.25. The van der Waals surface area contributed by atoms with Gasteiger partial charge in [-0.05, 0) is 20.0 Å². The van der Waals surface area contributed by atoms with E-state index in [1.165, 1.54) is 18.0 Å². The van der Waals surface area contributed by atoms with Crippen LogP contribution in [0.15, 0.2) is 10.4 Å². The number of aromatic nitrogens is 1. The summed E-state index contributed by atoms with van der Waals surface area (Å²) in [6, 6.07) is 0. The largest absolute Gasteiger partial charge is 0.306 e. The molecular weight excluding hydrogens is 188 g/mol. The second kappa shape index (κ2) is 3.36. The molecule has 0 amide bonds. The summed E-state index contributed by atoms with van der Waals surface area (Å²) in [5, 5.41) is 4.13. The van der Waals surface area contributed by atoms with Crippen molar-refractivity contribution in [2.24, 2.45) is 0 Å². The van der Waals surface area contributed by atoms with Crippen molar-refractivity contribution < 1.29 is 0 Å². The molecule has 0 aromatic carbocycles. The molecule has 4 heteroatoms. The quantitative estimate of drug-likeness (QED) is 0.696. The lowest BCUT2D eigenvalue weighted by Crippen LogP contribution is -2.13. The van der Waals surface area contributed by atoms with Crippen LogP contribution in [0.25, 0.3) is 0 Å². The van der Waals surface area contributed by atoms with Gasteiger partial charge in [-0.1, -0.05) is 0 Å². The van der Waals surface area contributed by atoms with Crippen molar-refractivity contribution >= 4 is 24.0 Å². The van der Waals surface area contributed by atoms with Gasteiger partial charge in [0.25, 0.3) is 0 Å². The monoisotopic (exact) mass is 200 g/mol. The van der Waals surface area contributed by atoms with E-state index in [0.29, 0.717) is 5.92 Å². The molecule has 2 nitrogen and oxygen atoms in total. The second-order valence-corrected chi connectivity index (χ2v) is 4.64. The number of likely N-dealkylation sites (tertiary alicyclic amines) is 1. The average Bonchev–Trinajstić information content (AvgIpc) is 2.58. The molecule has 66 valence electrons. The maximum atomic E-state index is 4.38. The van der Waals surface area contributed by atoms with E-state index in [1.54, 1.807) is 11.3 Å². The molecule has 1 aliphatic rings. The zero-order chi connectivity index (χ0) is 8.55. The third kappa shape index (κ3) is 1.65. The van der Waals surface area contributed by atoms with Crippen molar-refractivity contribution in [3.63, 3.8) is 0 Å². The Balaban J connectivity index is 2.11. The smallest absolute Gasteiger partial charge is 0.104 e. The van der Waals surface area contributed by atoms with Gasteiger partial charge in [0, 0.05) is 17.8 Å². The molecule has 2 heterocycles. The molecule has 0 bridgehead atoms. The highest BCUT2D eigenvalue weighted by molar-refractivity contribution is 7.80. The zero-order valence-corrected chi connectivity index (χ0v) is 8.74. The minimum absolute atomic E-state index is 0.654. The number of hydrogen-bond acceptors (Lipinski definition) is 4. The van der Waals surface area contributed by atoms with Crippen LogP contribution in [-0.2, 0) is 0 Å². The molecule has 1 aromatic heterocycles. The Hall–Kier alpha value is -0.0600. The molecule has 0 saturated carbocycles.